The molecule has 0 spiro atoms. The number of para-hydroxylation sites is 1. The second-order valence-electron chi connectivity index (χ2n) is 9.01. The highest BCUT2D eigenvalue weighted by molar-refractivity contribution is 6.08. The van der Waals surface area contributed by atoms with Crippen molar-refractivity contribution in [3.05, 3.63) is 29.8 Å². The van der Waals surface area contributed by atoms with E-state index in [9.17, 15) is 14.7 Å². The van der Waals surface area contributed by atoms with Gasteiger partial charge in [-0.1, -0.05) is 18.2 Å². The quantitative estimate of drug-likeness (QED) is 0.798. The number of nitrogens with zero attached hydrogens (tertiary/aromatic N) is 3. The fourth-order valence-electron chi connectivity index (χ4n) is 5.22. The van der Waals surface area contributed by atoms with Crippen LogP contribution in [0.15, 0.2) is 24.3 Å². The summed E-state index contributed by atoms with van der Waals surface area (Å²) in [5, 5.41) is 9.97. The Bertz CT molecular complexity index is 792. The zero-order valence-electron chi connectivity index (χ0n) is 18.0. The number of ether oxygens (including phenoxy) is 1. The number of amides is 2. The molecular weight excluding hydrogens is 382 g/mol. The van der Waals surface area contributed by atoms with Crippen molar-refractivity contribution < 1.29 is 19.4 Å². The SMILES string of the molecule is CCOC(=O)N1CCC(CN2CC[C@@H](N3C(=O)[C@](C)(CO)c4ccccc43)C2)CC1. The van der Waals surface area contributed by atoms with E-state index in [1.165, 1.54) is 0 Å². The van der Waals surface area contributed by atoms with Crippen LogP contribution in [-0.2, 0) is 14.9 Å². The molecule has 3 aliphatic heterocycles. The highest BCUT2D eigenvalue weighted by atomic mass is 16.6. The van der Waals surface area contributed by atoms with Gasteiger partial charge in [-0.25, -0.2) is 4.79 Å². The summed E-state index contributed by atoms with van der Waals surface area (Å²) in [7, 11) is 0. The number of benzene rings is 1. The normalized spacial score (nSPS) is 27.6. The Labute approximate surface area is 178 Å². The van der Waals surface area contributed by atoms with Crippen LogP contribution in [0.2, 0.25) is 0 Å². The van der Waals surface area contributed by atoms with Gasteiger partial charge in [0.1, 0.15) is 0 Å². The smallest absolute Gasteiger partial charge is 0.409 e. The average molecular weight is 416 g/mol. The third kappa shape index (κ3) is 3.69. The van der Waals surface area contributed by atoms with E-state index < -0.39 is 5.41 Å². The standard InChI is InChI=1S/C23H33N3O4/c1-3-30-22(29)25-12-8-17(9-13-25)14-24-11-10-18(15-24)26-20-7-5-4-6-19(20)23(2,16-27)21(26)28/h4-7,17-18,27H,3,8-16H2,1-2H3/t18-,23-/m1/s1. The number of hydrogen-bond donors (Lipinski definition) is 1. The van der Waals surface area contributed by atoms with Crippen molar-refractivity contribution in [2.75, 3.05) is 50.8 Å². The van der Waals surface area contributed by atoms with Crippen LogP contribution >= 0.6 is 0 Å². The molecule has 1 aromatic carbocycles. The summed E-state index contributed by atoms with van der Waals surface area (Å²) >= 11 is 0. The maximum Gasteiger partial charge on any atom is 0.409 e. The molecule has 0 aromatic heterocycles. The van der Waals surface area contributed by atoms with Gasteiger partial charge in [-0.05, 0) is 50.7 Å². The maximum absolute atomic E-state index is 13.3. The van der Waals surface area contributed by atoms with E-state index in [0.29, 0.717) is 12.5 Å². The van der Waals surface area contributed by atoms with Crippen LogP contribution in [0.1, 0.15) is 38.7 Å². The Kier molecular flexibility index (Phi) is 6.02. The third-order valence-electron chi connectivity index (χ3n) is 7.03. The fraction of sp³-hybridized carbons (Fsp3) is 0.652. The molecule has 4 rings (SSSR count). The Morgan fingerprint density at radius 3 is 2.63 bits per heavy atom. The lowest BCUT2D eigenvalue weighted by atomic mass is 9.85. The van der Waals surface area contributed by atoms with Gasteiger partial charge in [0.2, 0.25) is 5.91 Å². The van der Waals surface area contributed by atoms with Gasteiger partial charge in [0.25, 0.3) is 0 Å². The lowest BCUT2D eigenvalue weighted by Crippen LogP contribution is -2.47. The van der Waals surface area contributed by atoms with Gasteiger partial charge in [-0.2, -0.15) is 0 Å². The van der Waals surface area contributed by atoms with Crippen LogP contribution in [0.5, 0.6) is 0 Å². The van der Waals surface area contributed by atoms with E-state index in [4.69, 9.17) is 4.74 Å². The highest BCUT2D eigenvalue weighted by Crippen LogP contribution is 2.43. The van der Waals surface area contributed by atoms with Crippen molar-refractivity contribution >= 4 is 17.7 Å². The number of carbonyl (C=O) groups excluding carboxylic acids is 2. The Hall–Kier alpha value is -2.12. The van der Waals surface area contributed by atoms with Gasteiger partial charge in [-0.15, -0.1) is 0 Å². The number of hydrogen-bond acceptors (Lipinski definition) is 5. The molecule has 2 fully saturated rings. The van der Waals surface area contributed by atoms with Crippen molar-refractivity contribution in [3.63, 3.8) is 0 Å². The first-order chi connectivity index (χ1) is 14.5. The van der Waals surface area contributed by atoms with Crippen LogP contribution in [0.25, 0.3) is 0 Å². The molecule has 2 atom stereocenters. The highest BCUT2D eigenvalue weighted by Gasteiger charge is 2.50. The predicted octanol–water partition coefficient (Wildman–Crippen LogP) is 2.23. The monoisotopic (exact) mass is 415 g/mol. The molecule has 2 saturated heterocycles. The first-order valence-electron chi connectivity index (χ1n) is 11.2. The first-order valence-corrected chi connectivity index (χ1v) is 11.2. The number of piperidine rings is 1. The average Bonchev–Trinajstić information content (AvgIpc) is 3.30. The van der Waals surface area contributed by atoms with Crippen molar-refractivity contribution in [3.8, 4) is 0 Å². The summed E-state index contributed by atoms with van der Waals surface area (Å²) in [6.07, 6.45) is 2.74. The third-order valence-corrected chi connectivity index (χ3v) is 7.03. The van der Waals surface area contributed by atoms with Gasteiger partial charge in [0.15, 0.2) is 0 Å². The second-order valence-corrected chi connectivity index (χ2v) is 9.01. The van der Waals surface area contributed by atoms with Crippen molar-refractivity contribution in [1.29, 1.82) is 0 Å². The molecule has 7 nitrogen and oxygen atoms in total. The molecule has 3 heterocycles. The molecule has 164 valence electrons. The number of anilines is 1. The minimum absolute atomic E-state index is 0.0146. The number of aliphatic hydroxyl groups excluding tert-OH is 1. The molecule has 0 radical (unpaired) electrons. The summed E-state index contributed by atoms with van der Waals surface area (Å²) < 4.78 is 5.11. The lowest BCUT2D eigenvalue weighted by Gasteiger charge is -2.33. The molecule has 0 aliphatic carbocycles. The fourth-order valence-corrected chi connectivity index (χ4v) is 5.22. The topological polar surface area (TPSA) is 73.3 Å². The first kappa shape index (κ1) is 21.1. The van der Waals surface area contributed by atoms with E-state index in [1.807, 2.05) is 47.9 Å². The largest absolute Gasteiger partial charge is 0.450 e. The molecule has 1 aromatic rings. The lowest BCUT2D eigenvalue weighted by molar-refractivity contribution is -0.124. The summed E-state index contributed by atoms with van der Waals surface area (Å²) in [4.78, 5) is 31.3. The predicted molar refractivity (Wildman–Crippen MR) is 115 cm³/mol. The van der Waals surface area contributed by atoms with Gasteiger partial charge < -0.3 is 24.5 Å². The number of aliphatic hydroxyl groups is 1. The Morgan fingerprint density at radius 1 is 1.20 bits per heavy atom. The van der Waals surface area contributed by atoms with E-state index in [1.54, 1.807) is 0 Å². The summed E-state index contributed by atoms with van der Waals surface area (Å²) in [5.74, 6) is 0.583. The molecule has 3 aliphatic rings. The van der Waals surface area contributed by atoms with Crippen LogP contribution < -0.4 is 4.90 Å². The van der Waals surface area contributed by atoms with Gasteiger partial charge in [0.05, 0.1) is 24.7 Å². The zero-order chi connectivity index (χ0) is 21.3. The van der Waals surface area contributed by atoms with E-state index >= 15 is 0 Å². The zero-order valence-corrected chi connectivity index (χ0v) is 18.0. The van der Waals surface area contributed by atoms with Crippen molar-refractivity contribution in [2.24, 2.45) is 5.92 Å². The Morgan fingerprint density at radius 2 is 1.93 bits per heavy atom. The van der Waals surface area contributed by atoms with E-state index in [0.717, 1.165) is 63.2 Å². The number of fused-ring (bicyclic) bond motifs is 1. The van der Waals surface area contributed by atoms with Gasteiger partial charge >= 0.3 is 6.09 Å². The summed E-state index contributed by atoms with van der Waals surface area (Å²) in [6, 6.07) is 8.01. The second kappa shape index (κ2) is 8.55. The molecule has 0 bridgehead atoms. The van der Waals surface area contributed by atoms with Crippen LogP contribution in [-0.4, -0.2) is 78.9 Å². The molecule has 30 heavy (non-hydrogen) atoms. The molecule has 7 heteroatoms. The maximum atomic E-state index is 13.3. The molecular formula is C23H33N3O4. The van der Waals surface area contributed by atoms with Crippen molar-refractivity contribution in [1.82, 2.24) is 9.80 Å². The number of carbonyl (C=O) groups is 2. The summed E-state index contributed by atoms with van der Waals surface area (Å²) in [5.41, 5.74) is 1.04. The molecule has 0 unspecified atom stereocenters. The van der Waals surface area contributed by atoms with Crippen molar-refractivity contribution in [2.45, 2.75) is 44.6 Å². The molecule has 0 saturated carbocycles. The van der Waals surface area contributed by atoms with E-state index in [2.05, 4.69) is 4.90 Å². The minimum atomic E-state index is -0.843. The molecule has 2 amide bonds. The Balaban J connectivity index is 1.36. The number of likely N-dealkylation sites (tertiary alicyclic amines) is 2. The number of rotatable bonds is 5. The van der Waals surface area contributed by atoms with Gasteiger partial charge in [-0.3, -0.25) is 4.79 Å². The van der Waals surface area contributed by atoms with Crippen LogP contribution in [0.3, 0.4) is 0 Å². The van der Waals surface area contributed by atoms with E-state index in [-0.39, 0.29) is 24.6 Å². The molecule has 1 N–H and O–H groups in total. The van der Waals surface area contributed by atoms with Crippen LogP contribution in [0.4, 0.5) is 10.5 Å². The van der Waals surface area contributed by atoms with Crippen LogP contribution in [0, 0.1) is 5.92 Å². The van der Waals surface area contributed by atoms with Gasteiger partial charge in [0, 0.05) is 38.4 Å². The minimum Gasteiger partial charge on any atom is -0.450 e. The summed E-state index contributed by atoms with van der Waals surface area (Å²) in [6.45, 7) is 8.29.